The van der Waals surface area contributed by atoms with Crippen LogP contribution < -0.4 is 4.74 Å². The van der Waals surface area contributed by atoms with Crippen LogP contribution >= 0.6 is 0 Å². The van der Waals surface area contributed by atoms with E-state index in [1.165, 1.54) is 36.4 Å². The van der Waals surface area contributed by atoms with E-state index < -0.39 is 34.5 Å². The number of hydrogen-bond acceptors (Lipinski definition) is 2. The van der Waals surface area contributed by atoms with Crippen LogP contribution in [-0.2, 0) is 6.42 Å². The highest BCUT2D eigenvalue weighted by atomic mass is 19.2. The molecule has 0 unspecified atom stereocenters. The second-order valence-electron chi connectivity index (χ2n) is 9.62. The third-order valence-corrected chi connectivity index (χ3v) is 7.26. The number of benzene rings is 4. The van der Waals surface area contributed by atoms with Gasteiger partial charge in [0.1, 0.15) is 5.82 Å². The lowest BCUT2D eigenvalue weighted by Gasteiger charge is -2.13. The van der Waals surface area contributed by atoms with E-state index in [-0.39, 0.29) is 45.1 Å². The van der Waals surface area contributed by atoms with Crippen LogP contribution in [0.2, 0.25) is 0 Å². The Bertz CT molecular complexity index is 1680. The molecule has 0 N–H and O–H groups in total. The van der Waals surface area contributed by atoms with E-state index in [9.17, 15) is 4.39 Å². The summed E-state index contributed by atoms with van der Waals surface area (Å²) in [7, 11) is 0. The zero-order valence-corrected chi connectivity index (χ0v) is 20.1. The summed E-state index contributed by atoms with van der Waals surface area (Å²) in [5.41, 5.74) is -0.816. The number of halogens is 5. The van der Waals surface area contributed by atoms with Gasteiger partial charge in [-0.3, -0.25) is 0 Å². The third-order valence-electron chi connectivity index (χ3n) is 7.26. The summed E-state index contributed by atoms with van der Waals surface area (Å²) >= 11 is 0. The summed E-state index contributed by atoms with van der Waals surface area (Å²) in [5, 5.41) is 0.274. The Labute approximate surface area is 209 Å². The van der Waals surface area contributed by atoms with Crippen molar-refractivity contribution < 1.29 is 31.1 Å². The second-order valence-corrected chi connectivity index (χ2v) is 9.62. The molecule has 0 radical (unpaired) electrons. The molecule has 0 saturated heterocycles. The molecule has 5 aromatic rings. The molecule has 37 heavy (non-hydrogen) atoms. The van der Waals surface area contributed by atoms with Gasteiger partial charge in [-0.25, -0.2) is 17.6 Å². The Morgan fingerprint density at radius 3 is 2.19 bits per heavy atom. The van der Waals surface area contributed by atoms with Gasteiger partial charge in [0.2, 0.25) is 5.82 Å². The normalized spacial score (nSPS) is 14.4. The molecule has 7 heteroatoms. The monoisotopic (exact) mass is 510 g/mol. The zero-order chi connectivity index (χ0) is 25.8. The molecule has 0 aliphatic heterocycles. The van der Waals surface area contributed by atoms with E-state index in [1.807, 2.05) is 6.92 Å². The summed E-state index contributed by atoms with van der Waals surface area (Å²) in [5.74, 6) is -5.23. The van der Waals surface area contributed by atoms with Gasteiger partial charge >= 0.3 is 0 Å². The maximum absolute atomic E-state index is 15.7. The Hall–Kier alpha value is -3.61. The maximum atomic E-state index is 15.7. The first-order valence-corrected chi connectivity index (χ1v) is 12.5. The molecule has 6 rings (SSSR count). The molecular weight excluding hydrogens is 487 g/mol. The molecule has 1 aromatic heterocycles. The van der Waals surface area contributed by atoms with Crippen LogP contribution in [-0.4, -0.2) is 6.10 Å². The van der Waals surface area contributed by atoms with Crippen LogP contribution in [0.15, 0.2) is 46.9 Å². The van der Waals surface area contributed by atoms with Crippen LogP contribution in [0.25, 0.3) is 43.8 Å². The number of fused-ring (bicyclic) bond motifs is 4. The van der Waals surface area contributed by atoms with Gasteiger partial charge in [0.25, 0.3) is 0 Å². The summed E-state index contributed by atoms with van der Waals surface area (Å²) in [6.07, 6.45) is 4.67. The van der Waals surface area contributed by atoms with E-state index >= 15 is 17.6 Å². The van der Waals surface area contributed by atoms with Crippen molar-refractivity contribution in [2.24, 2.45) is 0 Å². The topological polar surface area (TPSA) is 22.4 Å². The average Bonchev–Trinajstić information content (AvgIpc) is 3.54. The van der Waals surface area contributed by atoms with Crippen molar-refractivity contribution in [1.82, 2.24) is 0 Å². The van der Waals surface area contributed by atoms with Crippen molar-refractivity contribution in [3.8, 4) is 16.9 Å². The minimum absolute atomic E-state index is 0.0335. The zero-order valence-electron chi connectivity index (χ0n) is 20.1. The van der Waals surface area contributed by atoms with Gasteiger partial charge in [-0.2, -0.15) is 4.39 Å². The van der Waals surface area contributed by atoms with E-state index in [2.05, 4.69) is 0 Å². The van der Waals surface area contributed by atoms with Crippen LogP contribution in [0.1, 0.15) is 44.6 Å². The van der Waals surface area contributed by atoms with Gasteiger partial charge in [0, 0.05) is 21.9 Å². The minimum Gasteiger partial charge on any atom is -0.487 e. The highest BCUT2D eigenvalue weighted by Gasteiger charge is 2.25. The SMILES string of the molecule is CCCc1ccc2cc(-c3ccc4c(oc5c(F)c(OC6CCCC6)ccc54)c3F)c(F)c(F)c2c1F. The first-order valence-electron chi connectivity index (χ1n) is 12.5. The van der Waals surface area contributed by atoms with Crippen LogP contribution in [0, 0.1) is 29.1 Å². The molecule has 0 bridgehead atoms. The van der Waals surface area contributed by atoms with Crippen molar-refractivity contribution in [2.45, 2.75) is 51.6 Å². The first-order chi connectivity index (χ1) is 17.9. The highest BCUT2D eigenvalue weighted by molar-refractivity contribution is 6.07. The Morgan fingerprint density at radius 2 is 1.46 bits per heavy atom. The Morgan fingerprint density at radius 1 is 0.757 bits per heavy atom. The smallest absolute Gasteiger partial charge is 0.208 e. The average molecular weight is 511 g/mol. The molecule has 1 saturated carbocycles. The molecule has 4 aromatic carbocycles. The second kappa shape index (κ2) is 9.05. The van der Waals surface area contributed by atoms with E-state index in [1.54, 1.807) is 6.07 Å². The summed E-state index contributed by atoms with van der Waals surface area (Å²) in [6.45, 7) is 1.86. The van der Waals surface area contributed by atoms with Gasteiger partial charge in [0.05, 0.1) is 11.5 Å². The highest BCUT2D eigenvalue weighted by Crippen LogP contribution is 2.41. The maximum Gasteiger partial charge on any atom is 0.208 e. The van der Waals surface area contributed by atoms with Gasteiger partial charge < -0.3 is 9.15 Å². The van der Waals surface area contributed by atoms with Gasteiger partial charge in [-0.15, -0.1) is 0 Å². The van der Waals surface area contributed by atoms with Crippen LogP contribution in [0.4, 0.5) is 22.0 Å². The largest absolute Gasteiger partial charge is 0.487 e. The van der Waals surface area contributed by atoms with Crippen molar-refractivity contribution in [3.63, 3.8) is 0 Å². The van der Waals surface area contributed by atoms with Gasteiger partial charge in [-0.1, -0.05) is 31.5 Å². The van der Waals surface area contributed by atoms with Crippen molar-refractivity contribution >= 4 is 32.7 Å². The number of ether oxygens (including phenoxy) is 1. The Balaban J connectivity index is 1.49. The fourth-order valence-corrected chi connectivity index (χ4v) is 5.39. The fraction of sp³-hybridized carbons (Fsp3) is 0.267. The molecule has 0 atom stereocenters. The number of rotatable bonds is 5. The van der Waals surface area contributed by atoms with Gasteiger partial charge in [0.15, 0.2) is 34.4 Å². The number of hydrogen-bond donors (Lipinski definition) is 0. The quantitative estimate of drug-likeness (QED) is 0.220. The molecule has 2 nitrogen and oxygen atoms in total. The Kier molecular flexibility index (Phi) is 5.81. The lowest BCUT2D eigenvalue weighted by molar-refractivity contribution is 0.201. The molecule has 1 aliphatic carbocycles. The fourth-order valence-electron chi connectivity index (χ4n) is 5.39. The van der Waals surface area contributed by atoms with Crippen molar-refractivity contribution in [2.75, 3.05) is 0 Å². The summed E-state index contributed by atoms with van der Waals surface area (Å²) in [4.78, 5) is 0. The molecule has 0 spiro atoms. The van der Waals surface area contributed by atoms with E-state index in [4.69, 9.17) is 9.15 Å². The van der Waals surface area contributed by atoms with Gasteiger partial charge in [-0.05, 0) is 67.3 Å². The molecule has 190 valence electrons. The molecular formula is C30H23F5O2. The van der Waals surface area contributed by atoms with Crippen LogP contribution in [0.3, 0.4) is 0 Å². The predicted molar refractivity (Wildman–Crippen MR) is 133 cm³/mol. The van der Waals surface area contributed by atoms with Crippen LogP contribution in [0.5, 0.6) is 5.75 Å². The summed E-state index contributed by atoms with van der Waals surface area (Å²) < 4.78 is 87.5. The molecule has 1 fully saturated rings. The minimum atomic E-state index is -1.38. The third kappa shape index (κ3) is 3.74. The molecule has 1 aliphatic rings. The summed E-state index contributed by atoms with van der Waals surface area (Å²) in [6, 6.07) is 10.1. The standard InChI is InChI=1S/C30H23F5O2/c1-2-5-15-8-9-16-14-21(25(32)28(35)23(16)24(15)31)18-10-11-19-20-12-13-22(36-17-6-3-4-7-17)27(34)30(20)37-29(19)26(18)33/h8-14,17H,2-7H2,1H3. The predicted octanol–water partition coefficient (Wildman–Crippen LogP) is 9.38. The lowest BCUT2D eigenvalue weighted by Crippen LogP contribution is -2.11. The van der Waals surface area contributed by atoms with Crippen molar-refractivity contribution in [3.05, 3.63) is 77.1 Å². The van der Waals surface area contributed by atoms with E-state index in [0.717, 1.165) is 25.7 Å². The number of aryl methyl sites for hydroxylation is 1. The molecule has 0 amide bonds. The number of furan rings is 1. The van der Waals surface area contributed by atoms with Crippen molar-refractivity contribution in [1.29, 1.82) is 0 Å². The lowest BCUT2D eigenvalue weighted by atomic mass is 9.96. The first kappa shape index (κ1) is 23.8. The molecule has 1 heterocycles. The van der Waals surface area contributed by atoms with E-state index in [0.29, 0.717) is 23.6 Å².